The third kappa shape index (κ3) is 5.45. The van der Waals surface area contributed by atoms with Gasteiger partial charge in [-0.15, -0.1) is 0 Å². The van der Waals surface area contributed by atoms with E-state index in [9.17, 15) is 12.8 Å². The van der Waals surface area contributed by atoms with Crippen LogP contribution in [0.1, 0.15) is 17.5 Å². The molecule has 1 aromatic carbocycles. The van der Waals surface area contributed by atoms with E-state index in [0.29, 0.717) is 31.0 Å². The average molecular weight is 356 g/mol. The second-order valence-electron chi connectivity index (χ2n) is 6.33. The number of rotatable bonds is 5. The van der Waals surface area contributed by atoms with E-state index >= 15 is 0 Å². The molecule has 6 nitrogen and oxygen atoms in total. The van der Waals surface area contributed by atoms with Gasteiger partial charge in [0, 0.05) is 31.7 Å². The Labute approximate surface area is 143 Å². The fourth-order valence-corrected chi connectivity index (χ4v) is 4.36. The third-order valence-corrected chi connectivity index (χ3v) is 5.62. The molecule has 2 N–H and O–H groups in total. The van der Waals surface area contributed by atoms with Gasteiger partial charge in [-0.25, -0.2) is 12.8 Å². The Bertz CT molecular complexity index is 704. The van der Waals surface area contributed by atoms with Gasteiger partial charge in [0.15, 0.2) is 15.8 Å². The van der Waals surface area contributed by atoms with Crippen LogP contribution in [-0.2, 0) is 22.9 Å². The largest absolute Gasteiger partial charge is 0.353 e. The topological polar surface area (TPSA) is 73.8 Å². The highest BCUT2D eigenvalue weighted by Crippen LogP contribution is 2.13. The zero-order valence-electron chi connectivity index (χ0n) is 14.3. The van der Waals surface area contributed by atoms with Gasteiger partial charge in [0.2, 0.25) is 0 Å². The van der Waals surface area contributed by atoms with Crippen LogP contribution in [-0.4, -0.2) is 58.0 Å². The molecule has 0 amide bonds. The predicted octanol–water partition coefficient (Wildman–Crippen LogP) is 0.739. The van der Waals surface area contributed by atoms with E-state index in [0.717, 1.165) is 5.56 Å². The summed E-state index contributed by atoms with van der Waals surface area (Å²) in [5.74, 6) is 0.687. The second kappa shape index (κ2) is 7.94. The van der Waals surface area contributed by atoms with Crippen molar-refractivity contribution in [3.63, 3.8) is 0 Å². The summed E-state index contributed by atoms with van der Waals surface area (Å²) in [6.45, 7) is 1.02. The van der Waals surface area contributed by atoms with E-state index < -0.39 is 9.84 Å². The van der Waals surface area contributed by atoms with Crippen LogP contribution in [0.5, 0.6) is 0 Å². The van der Waals surface area contributed by atoms with Crippen molar-refractivity contribution in [1.82, 2.24) is 15.5 Å². The van der Waals surface area contributed by atoms with Crippen molar-refractivity contribution in [2.75, 3.05) is 32.6 Å². The van der Waals surface area contributed by atoms with Gasteiger partial charge in [0.1, 0.15) is 5.82 Å². The first-order valence-electron chi connectivity index (χ1n) is 7.89. The van der Waals surface area contributed by atoms with E-state index in [1.54, 1.807) is 13.1 Å². The van der Waals surface area contributed by atoms with Gasteiger partial charge in [-0.05, 0) is 38.2 Å². The summed E-state index contributed by atoms with van der Waals surface area (Å²) in [6, 6.07) is 4.92. The molecule has 24 heavy (non-hydrogen) atoms. The molecule has 0 aliphatic carbocycles. The zero-order valence-corrected chi connectivity index (χ0v) is 15.2. The Balaban J connectivity index is 1.94. The smallest absolute Gasteiger partial charge is 0.191 e. The molecule has 1 heterocycles. The van der Waals surface area contributed by atoms with Crippen molar-refractivity contribution in [3.05, 3.63) is 35.1 Å². The van der Waals surface area contributed by atoms with Gasteiger partial charge in [-0.3, -0.25) is 4.99 Å². The molecule has 134 valence electrons. The summed E-state index contributed by atoms with van der Waals surface area (Å²) in [6.07, 6.45) is 0.590. The fourth-order valence-electron chi connectivity index (χ4n) is 2.68. The maximum absolute atomic E-state index is 13.8. The number of guanidine groups is 1. The molecule has 1 unspecified atom stereocenters. The van der Waals surface area contributed by atoms with Crippen molar-refractivity contribution in [2.24, 2.45) is 4.99 Å². The standard InChI is InChI=1S/C16H25FN4O2S/c1-18-16(20-14-6-7-24(22,23)11-14)19-9-12-4-5-15(17)13(8-12)10-21(2)3/h4-5,8,14H,6-7,9-11H2,1-3H3,(H2,18,19,20). The summed E-state index contributed by atoms with van der Waals surface area (Å²) in [4.78, 5) is 6.03. The Kier molecular flexibility index (Phi) is 6.17. The van der Waals surface area contributed by atoms with Crippen LogP contribution < -0.4 is 10.6 Å². The Hall–Kier alpha value is -1.67. The first-order valence-corrected chi connectivity index (χ1v) is 9.71. The summed E-state index contributed by atoms with van der Waals surface area (Å²) >= 11 is 0. The van der Waals surface area contributed by atoms with Crippen molar-refractivity contribution >= 4 is 15.8 Å². The molecule has 0 spiro atoms. The van der Waals surface area contributed by atoms with E-state index in [1.807, 2.05) is 25.1 Å². The first kappa shape index (κ1) is 18.7. The van der Waals surface area contributed by atoms with Gasteiger partial charge in [0.25, 0.3) is 0 Å². The minimum absolute atomic E-state index is 0.112. The van der Waals surface area contributed by atoms with Crippen LogP contribution in [0.15, 0.2) is 23.2 Å². The second-order valence-corrected chi connectivity index (χ2v) is 8.56. The predicted molar refractivity (Wildman–Crippen MR) is 94.2 cm³/mol. The van der Waals surface area contributed by atoms with Crippen molar-refractivity contribution in [2.45, 2.75) is 25.6 Å². The molecule has 0 radical (unpaired) electrons. The van der Waals surface area contributed by atoms with Gasteiger partial charge in [0.05, 0.1) is 11.5 Å². The highest BCUT2D eigenvalue weighted by molar-refractivity contribution is 7.91. The molecule has 1 atom stereocenters. The maximum Gasteiger partial charge on any atom is 0.191 e. The quantitative estimate of drug-likeness (QED) is 0.601. The number of nitrogens with one attached hydrogen (secondary N) is 2. The molecular weight excluding hydrogens is 331 g/mol. The van der Waals surface area contributed by atoms with E-state index in [2.05, 4.69) is 15.6 Å². The molecule has 8 heteroatoms. The fraction of sp³-hybridized carbons (Fsp3) is 0.562. The summed E-state index contributed by atoms with van der Waals surface area (Å²) in [5, 5.41) is 6.28. The normalized spacial score (nSPS) is 20.4. The number of hydrogen-bond acceptors (Lipinski definition) is 4. The molecule has 1 saturated heterocycles. The van der Waals surface area contributed by atoms with Gasteiger partial charge in [-0.2, -0.15) is 0 Å². The molecule has 1 fully saturated rings. The van der Waals surface area contributed by atoms with Crippen molar-refractivity contribution in [1.29, 1.82) is 0 Å². The van der Waals surface area contributed by atoms with Crippen LogP contribution in [0.2, 0.25) is 0 Å². The lowest BCUT2D eigenvalue weighted by Crippen LogP contribution is -2.43. The third-order valence-electron chi connectivity index (χ3n) is 3.85. The van der Waals surface area contributed by atoms with E-state index in [-0.39, 0.29) is 23.4 Å². The van der Waals surface area contributed by atoms with Gasteiger partial charge < -0.3 is 15.5 Å². The Morgan fingerprint density at radius 3 is 2.75 bits per heavy atom. The number of nitrogens with zero attached hydrogens (tertiary/aromatic N) is 2. The molecule has 1 aromatic rings. The number of aliphatic imine (C=N–C) groups is 1. The van der Waals surface area contributed by atoms with E-state index in [1.165, 1.54) is 6.07 Å². The number of halogens is 1. The molecule has 1 aliphatic rings. The molecule has 0 saturated carbocycles. The van der Waals surface area contributed by atoms with Crippen molar-refractivity contribution in [3.8, 4) is 0 Å². The van der Waals surface area contributed by atoms with Crippen molar-refractivity contribution < 1.29 is 12.8 Å². The SMILES string of the molecule is CN=C(NCc1ccc(F)c(CN(C)C)c1)NC1CCS(=O)(=O)C1. The molecule has 2 rings (SSSR count). The first-order chi connectivity index (χ1) is 11.3. The zero-order chi connectivity index (χ0) is 17.7. The highest BCUT2D eigenvalue weighted by Gasteiger charge is 2.28. The average Bonchev–Trinajstić information content (AvgIpc) is 2.85. The monoisotopic (exact) mass is 356 g/mol. The lowest BCUT2D eigenvalue weighted by molar-refractivity contribution is 0.392. The molecular formula is C16H25FN4O2S. The van der Waals surface area contributed by atoms with Crippen LogP contribution in [0, 0.1) is 5.82 Å². The van der Waals surface area contributed by atoms with E-state index in [4.69, 9.17) is 0 Å². The van der Waals surface area contributed by atoms with Crippen LogP contribution in [0.4, 0.5) is 4.39 Å². The number of sulfone groups is 1. The number of hydrogen-bond donors (Lipinski definition) is 2. The highest BCUT2D eigenvalue weighted by atomic mass is 32.2. The minimum Gasteiger partial charge on any atom is -0.353 e. The van der Waals surface area contributed by atoms with Gasteiger partial charge >= 0.3 is 0 Å². The molecule has 0 bridgehead atoms. The summed E-state index contributed by atoms with van der Waals surface area (Å²) in [5.41, 5.74) is 1.58. The maximum atomic E-state index is 13.8. The van der Waals surface area contributed by atoms with Gasteiger partial charge in [-0.1, -0.05) is 6.07 Å². The van der Waals surface area contributed by atoms with Crippen LogP contribution in [0.3, 0.4) is 0 Å². The van der Waals surface area contributed by atoms with Crippen LogP contribution >= 0.6 is 0 Å². The minimum atomic E-state index is -2.93. The molecule has 1 aliphatic heterocycles. The lowest BCUT2D eigenvalue weighted by atomic mass is 10.1. The Morgan fingerprint density at radius 1 is 1.42 bits per heavy atom. The lowest BCUT2D eigenvalue weighted by Gasteiger charge is -2.17. The Morgan fingerprint density at radius 2 is 2.17 bits per heavy atom. The van der Waals surface area contributed by atoms with Crippen LogP contribution in [0.25, 0.3) is 0 Å². The summed E-state index contributed by atoms with van der Waals surface area (Å²) in [7, 11) is 2.50. The molecule has 0 aromatic heterocycles. The number of benzene rings is 1. The summed E-state index contributed by atoms with van der Waals surface area (Å²) < 4.78 is 36.8.